The first-order valence-electron chi connectivity index (χ1n) is 9.29. The van der Waals surface area contributed by atoms with Gasteiger partial charge in [-0.25, -0.2) is 0 Å². The summed E-state index contributed by atoms with van der Waals surface area (Å²) in [4.78, 5) is 26.5. The van der Waals surface area contributed by atoms with Crippen LogP contribution in [-0.2, 0) is 4.79 Å². The average Bonchev–Trinajstić information content (AvgIpc) is 2.60. The lowest BCUT2D eigenvalue weighted by molar-refractivity contribution is -0.123. The summed E-state index contributed by atoms with van der Waals surface area (Å²) in [5.74, 6) is 0.580. The molecule has 1 heterocycles. The summed E-state index contributed by atoms with van der Waals surface area (Å²) < 4.78 is 10.9. The third-order valence-electron chi connectivity index (χ3n) is 4.82. The molecule has 2 amide bonds. The second kappa shape index (κ2) is 9.98. The van der Waals surface area contributed by atoms with Gasteiger partial charge in [-0.05, 0) is 43.9 Å². The SMILES string of the molecule is COc1cc(C(=O)N2CCC(N)C(C)(C)C2)ccc1OCC(=O)NC(C)C.Cl. The summed E-state index contributed by atoms with van der Waals surface area (Å²) in [5, 5.41) is 2.76. The molecule has 8 heteroatoms. The van der Waals surface area contributed by atoms with Crippen LogP contribution in [0.15, 0.2) is 18.2 Å². The molecule has 0 bridgehead atoms. The molecule has 1 aromatic carbocycles. The number of carbonyl (C=O) groups excluding carboxylic acids is 2. The number of rotatable bonds is 6. The molecular formula is C20H32ClN3O4. The molecule has 0 saturated carbocycles. The number of nitrogens with two attached hydrogens (primary N) is 1. The molecule has 2 rings (SSSR count). The number of hydrogen-bond acceptors (Lipinski definition) is 5. The van der Waals surface area contributed by atoms with E-state index in [9.17, 15) is 9.59 Å². The van der Waals surface area contributed by atoms with Crippen molar-refractivity contribution >= 4 is 24.2 Å². The first kappa shape index (κ1) is 24.0. The van der Waals surface area contributed by atoms with Crippen LogP contribution in [0.25, 0.3) is 0 Å². The molecule has 3 N–H and O–H groups in total. The van der Waals surface area contributed by atoms with Crippen molar-refractivity contribution in [2.75, 3.05) is 26.8 Å². The van der Waals surface area contributed by atoms with Crippen LogP contribution in [-0.4, -0.2) is 55.6 Å². The molecule has 1 atom stereocenters. The number of nitrogens with one attached hydrogen (secondary N) is 1. The van der Waals surface area contributed by atoms with E-state index in [0.29, 0.717) is 30.2 Å². The van der Waals surface area contributed by atoms with Crippen LogP contribution in [0.2, 0.25) is 0 Å². The lowest BCUT2D eigenvalue weighted by atomic mass is 9.79. The number of benzene rings is 1. The van der Waals surface area contributed by atoms with Crippen molar-refractivity contribution in [2.24, 2.45) is 11.1 Å². The molecule has 1 unspecified atom stereocenters. The Hall–Kier alpha value is -1.99. The van der Waals surface area contributed by atoms with Crippen molar-refractivity contribution in [3.63, 3.8) is 0 Å². The second-order valence-corrected chi connectivity index (χ2v) is 7.99. The summed E-state index contributed by atoms with van der Waals surface area (Å²) in [5.41, 5.74) is 6.56. The maximum absolute atomic E-state index is 12.9. The number of hydrogen-bond donors (Lipinski definition) is 2. The Morgan fingerprint density at radius 1 is 1.32 bits per heavy atom. The van der Waals surface area contributed by atoms with E-state index in [-0.39, 0.29) is 48.3 Å². The Bertz CT molecular complexity index is 694. The van der Waals surface area contributed by atoms with E-state index in [4.69, 9.17) is 15.2 Å². The van der Waals surface area contributed by atoms with E-state index in [0.717, 1.165) is 6.42 Å². The van der Waals surface area contributed by atoms with Gasteiger partial charge in [0, 0.05) is 30.7 Å². The summed E-state index contributed by atoms with van der Waals surface area (Å²) in [7, 11) is 1.51. The molecule has 28 heavy (non-hydrogen) atoms. The molecule has 0 spiro atoms. The summed E-state index contributed by atoms with van der Waals surface area (Å²) in [6.07, 6.45) is 0.780. The maximum Gasteiger partial charge on any atom is 0.258 e. The number of likely N-dealkylation sites (tertiary alicyclic amines) is 1. The van der Waals surface area contributed by atoms with Crippen LogP contribution in [0.1, 0.15) is 44.5 Å². The van der Waals surface area contributed by atoms with E-state index in [2.05, 4.69) is 19.2 Å². The van der Waals surface area contributed by atoms with Crippen molar-refractivity contribution < 1.29 is 19.1 Å². The minimum Gasteiger partial charge on any atom is -0.493 e. The smallest absolute Gasteiger partial charge is 0.258 e. The highest BCUT2D eigenvalue weighted by atomic mass is 35.5. The predicted molar refractivity (Wildman–Crippen MR) is 111 cm³/mol. The monoisotopic (exact) mass is 413 g/mol. The topological polar surface area (TPSA) is 93.9 Å². The van der Waals surface area contributed by atoms with E-state index in [1.165, 1.54) is 7.11 Å². The van der Waals surface area contributed by atoms with Crippen LogP contribution < -0.4 is 20.5 Å². The van der Waals surface area contributed by atoms with Crippen LogP contribution in [0, 0.1) is 5.41 Å². The molecule has 1 aliphatic rings. The Morgan fingerprint density at radius 3 is 2.57 bits per heavy atom. The van der Waals surface area contributed by atoms with Gasteiger partial charge in [0.2, 0.25) is 0 Å². The number of amides is 2. The molecule has 1 saturated heterocycles. The van der Waals surface area contributed by atoms with Gasteiger partial charge in [0.25, 0.3) is 11.8 Å². The highest BCUT2D eigenvalue weighted by Crippen LogP contribution is 2.31. The van der Waals surface area contributed by atoms with Crippen molar-refractivity contribution in [2.45, 2.75) is 46.2 Å². The fourth-order valence-corrected chi connectivity index (χ4v) is 3.16. The zero-order valence-electron chi connectivity index (χ0n) is 17.3. The number of carbonyl (C=O) groups is 2. The number of halogens is 1. The molecule has 0 aromatic heterocycles. The van der Waals surface area contributed by atoms with Crippen molar-refractivity contribution in [3.05, 3.63) is 23.8 Å². The zero-order chi connectivity index (χ0) is 20.2. The number of nitrogens with zero attached hydrogens (tertiary/aromatic N) is 1. The number of methoxy groups -OCH3 is 1. The van der Waals surface area contributed by atoms with Gasteiger partial charge < -0.3 is 25.4 Å². The fourth-order valence-electron chi connectivity index (χ4n) is 3.16. The Kier molecular flexibility index (Phi) is 8.57. The van der Waals surface area contributed by atoms with Gasteiger partial charge in [0.05, 0.1) is 7.11 Å². The molecule has 1 aliphatic heterocycles. The van der Waals surface area contributed by atoms with E-state index in [1.807, 2.05) is 18.7 Å². The van der Waals surface area contributed by atoms with Crippen molar-refractivity contribution in [1.82, 2.24) is 10.2 Å². The van der Waals surface area contributed by atoms with Crippen LogP contribution in [0.3, 0.4) is 0 Å². The van der Waals surface area contributed by atoms with Gasteiger partial charge in [-0.2, -0.15) is 0 Å². The van der Waals surface area contributed by atoms with Gasteiger partial charge >= 0.3 is 0 Å². The van der Waals surface area contributed by atoms with Gasteiger partial charge in [0.1, 0.15) is 0 Å². The van der Waals surface area contributed by atoms with Crippen LogP contribution >= 0.6 is 12.4 Å². The Labute approximate surface area is 173 Å². The number of ether oxygens (including phenoxy) is 2. The van der Waals surface area contributed by atoms with Crippen molar-refractivity contribution in [3.8, 4) is 11.5 Å². The molecule has 1 fully saturated rings. The predicted octanol–water partition coefficient (Wildman–Crippen LogP) is 2.22. The summed E-state index contributed by atoms with van der Waals surface area (Å²) >= 11 is 0. The average molecular weight is 414 g/mol. The third-order valence-corrected chi connectivity index (χ3v) is 4.82. The Morgan fingerprint density at radius 2 is 2.00 bits per heavy atom. The van der Waals surface area contributed by atoms with E-state index in [1.54, 1.807) is 18.2 Å². The van der Waals surface area contributed by atoms with Gasteiger partial charge in [-0.3, -0.25) is 9.59 Å². The maximum atomic E-state index is 12.9. The molecule has 7 nitrogen and oxygen atoms in total. The van der Waals surface area contributed by atoms with Gasteiger partial charge in [-0.15, -0.1) is 12.4 Å². The van der Waals surface area contributed by atoms with Crippen LogP contribution in [0.5, 0.6) is 11.5 Å². The zero-order valence-corrected chi connectivity index (χ0v) is 18.1. The van der Waals surface area contributed by atoms with Crippen molar-refractivity contribution in [1.29, 1.82) is 0 Å². The number of piperidine rings is 1. The first-order valence-corrected chi connectivity index (χ1v) is 9.29. The summed E-state index contributed by atoms with van der Waals surface area (Å²) in [6, 6.07) is 5.14. The molecule has 1 aromatic rings. The quantitative estimate of drug-likeness (QED) is 0.745. The fraction of sp³-hybridized carbons (Fsp3) is 0.600. The minimum absolute atomic E-state index is 0. The molecule has 0 radical (unpaired) electrons. The minimum atomic E-state index is -0.209. The highest BCUT2D eigenvalue weighted by molar-refractivity contribution is 5.95. The van der Waals surface area contributed by atoms with E-state index >= 15 is 0 Å². The lowest BCUT2D eigenvalue weighted by Crippen LogP contribution is -2.54. The molecule has 0 aliphatic carbocycles. The van der Waals surface area contributed by atoms with E-state index < -0.39 is 0 Å². The lowest BCUT2D eigenvalue weighted by Gasteiger charge is -2.42. The van der Waals surface area contributed by atoms with Gasteiger partial charge in [0.15, 0.2) is 18.1 Å². The third kappa shape index (κ3) is 6.01. The van der Waals surface area contributed by atoms with Gasteiger partial charge in [-0.1, -0.05) is 13.8 Å². The summed E-state index contributed by atoms with van der Waals surface area (Å²) in [6.45, 7) is 9.07. The standard InChI is InChI=1S/C20H31N3O4.ClH/c1-13(2)22-18(24)11-27-15-7-6-14(10-16(15)26-5)19(25)23-9-8-17(21)20(3,4)12-23;/h6-7,10,13,17H,8-9,11-12,21H2,1-5H3,(H,22,24);1H. The largest absolute Gasteiger partial charge is 0.493 e. The normalized spacial score (nSPS) is 18.2. The Balaban J connectivity index is 0.00000392. The highest BCUT2D eigenvalue weighted by Gasteiger charge is 2.35. The first-order chi connectivity index (χ1) is 12.6. The molecule has 158 valence electrons. The van der Waals surface area contributed by atoms with Crippen LogP contribution in [0.4, 0.5) is 0 Å². The molecular weight excluding hydrogens is 382 g/mol. The second-order valence-electron chi connectivity index (χ2n) is 7.99.